The monoisotopic (exact) mass is 221 g/mol. The lowest BCUT2D eigenvalue weighted by Gasteiger charge is -2.05. The number of nitrogen functional groups attached to an aromatic ring is 1. The van der Waals surface area contributed by atoms with Crippen LogP contribution in [0.2, 0.25) is 0 Å². The van der Waals surface area contributed by atoms with Crippen molar-refractivity contribution >= 4 is 13.6 Å². The highest BCUT2D eigenvalue weighted by Crippen LogP contribution is 2.37. The molecule has 78 valence electrons. The first-order valence-electron chi connectivity index (χ1n) is 3.42. The van der Waals surface area contributed by atoms with Crippen LogP contribution in [0.5, 0.6) is 0 Å². The zero-order valence-electron chi connectivity index (χ0n) is 6.88. The lowest BCUT2D eigenvalue weighted by atomic mass is 10.3. The molecule has 0 amide bonds. The fourth-order valence-electron chi connectivity index (χ4n) is 0.706. The predicted octanol–water partition coefficient (Wildman–Crippen LogP) is -1.04. The second-order valence-electron chi connectivity index (χ2n) is 2.38. The Hall–Kier alpha value is -1.21. The van der Waals surface area contributed by atoms with Crippen LogP contribution in [0.15, 0.2) is 11.0 Å². The summed E-state index contributed by atoms with van der Waals surface area (Å²) in [6, 6.07) is 0. The van der Waals surface area contributed by atoms with Crippen LogP contribution in [-0.4, -0.2) is 19.8 Å². The Morgan fingerprint density at radius 3 is 2.79 bits per heavy atom. The first kappa shape index (κ1) is 10.9. The van der Waals surface area contributed by atoms with Crippen LogP contribution < -0.4 is 11.4 Å². The zero-order valence-corrected chi connectivity index (χ0v) is 7.77. The van der Waals surface area contributed by atoms with E-state index in [2.05, 4.69) is 14.5 Å². The normalized spacial score (nSPS) is 11.6. The van der Waals surface area contributed by atoms with E-state index in [-0.39, 0.29) is 11.4 Å². The smallest absolute Gasteiger partial charge is 0.383 e. The summed E-state index contributed by atoms with van der Waals surface area (Å²) in [5.74, 6) is -0.123. The van der Waals surface area contributed by atoms with Gasteiger partial charge in [-0.3, -0.25) is 4.52 Å². The molecule has 1 aromatic heterocycles. The van der Waals surface area contributed by atoms with Crippen LogP contribution in [0.1, 0.15) is 5.56 Å². The summed E-state index contributed by atoms with van der Waals surface area (Å²) in [4.78, 5) is 32.9. The molecule has 0 radical (unpaired) electrons. The average molecular weight is 221 g/mol. The topological polar surface area (TPSA) is 139 Å². The van der Waals surface area contributed by atoms with Gasteiger partial charge in [-0.1, -0.05) is 0 Å². The Morgan fingerprint density at radius 1 is 1.64 bits per heavy atom. The van der Waals surface area contributed by atoms with E-state index in [1.807, 2.05) is 0 Å². The molecule has 1 aromatic rings. The van der Waals surface area contributed by atoms with Crippen molar-refractivity contribution in [1.82, 2.24) is 9.97 Å². The number of phosphoric ester groups is 1. The maximum atomic E-state index is 10.6. The molecule has 14 heavy (non-hydrogen) atoms. The maximum Gasteiger partial charge on any atom is 0.469 e. The summed E-state index contributed by atoms with van der Waals surface area (Å²) in [5.41, 5.74) is 4.85. The van der Waals surface area contributed by atoms with E-state index in [0.717, 1.165) is 0 Å². The third kappa shape index (κ3) is 3.27. The van der Waals surface area contributed by atoms with Crippen molar-refractivity contribution in [2.24, 2.45) is 0 Å². The molecule has 0 saturated carbocycles. The molecule has 0 aliphatic heterocycles. The summed E-state index contributed by atoms with van der Waals surface area (Å²) in [6.07, 6.45) is 1.18. The van der Waals surface area contributed by atoms with E-state index >= 15 is 0 Å². The minimum Gasteiger partial charge on any atom is -0.383 e. The van der Waals surface area contributed by atoms with Gasteiger partial charge in [0.25, 0.3) is 0 Å². The van der Waals surface area contributed by atoms with Crippen molar-refractivity contribution < 1.29 is 18.9 Å². The standard InChI is InChI=1S/C5H8N3O5P/c6-4-3(1-7-5(9)8-4)2-13-14(10,11)12/h1H,2H2,(H2,10,11,12)(H3,6,7,8,9). The summed E-state index contributed by atoms with van der Waals surface area (Å²) < 4.78 is 14.5. The molecule has 0 atom stereocenters. The largest absolute Gasteiger partial charge is 0.469 e. The van der Waals surface area contributed by atoms with Gasteiger partial charge in [0.05, 0.1) is 6.61 Å². The number of aromatic amines is 1. The lowest BCUT2D eigenvalue weighted by Crippen LogP contribution is -2.14. The SMILES string of the molecule is Nc1nc(=O)[nH]cc1COP(=O)(O)O. The number of hydrogen-bond acceptors (Lipinski definition) is 5. The van der Waals surface area contributed by atoms with Gasteiger partial charge in [0.2, 0.25) is 0 Å². The van der Waals surface area contributed by atoms with Gasteiger partial charge in [-0.2, -0.15) is 4.98 Å². The summed E-state index contributed by atoms with van der Waals surface area (Å²) in [5, 5.41) is 0. The van der Waals surface area contributed by atoms with E-state index in [1.54, 1.807) is 0 Å². The molecule has 1 heterocycles. The van der Waals surface area contributed by atoms with Gasteiger partial charge in [-0.15, -0.1) is 0 Å². The molecule has 0 aliphatic carbocycles. The van der Waals surface area contributed by atoms with Crippen LogP contribution in [0.3, 0.4) is 0 Å². The first-order valence-corrected chi connectivity index (χ1v) is 4.96. The van der Waals surface area contributed by atoms with E-state index in [9.17, 15) is 9.36 Å². The molecule has 0 fully saturated rings. The molecular weight excluding hydrogens is 213 g/mol. The summed E-state index contributed by atoms with van der Waals surface area (Å²) in [7, 11) is -4.54. The predicted molar refractivity (Wildman–Crippen MR) is 46.1 cm³/mol. The molecule has 0 bridgehead atoms. The summed E-state index contributed by atoms with van der Waals surface area (Å²) in [6.45, 7) is -0.417. The Labute approximate surface area is 78.0 Å². The fraction of sp³-hybridized carbons (Fsp3) is 0.200. The maximum absolute atomic E-state index is 10.6. The average Bonchev–Trinajstić information content (AvgIpc) is 2.00. The number of rotatable bonds is 3. The Kier molecular flexibility index (Phi) is 3.02. The van der Waals surface area contributed by atoms with Crippen molar-refractivity contribution in [3.05, 3.63) is 22.2 Å². The van der Waals surface area contributed by atoms with Gasteiger partial charge < -0.3 is 20.5 Å². The zero-order chi connectivity index (χ0) is 10.8. The highest BCUT2D eigenvalue weighted by molar-refractivity contribution is 7.46. The van der Waals surface area contributed by atoms with Gasteiger partial charge in [0.15, 0.2) is 0 Å². The molecule has 1 rings (SSSR count). The molecule has 5 N–H and O–H groups in total. The van der Waals surface area contributed by atoms with Gasteiger partial charge in [0, 0.05) is 11.8 Å². The number of nitrogens with two attached hydrogens (primary N) is 1. The molecule has 0 spiro atoms. The van der Waals surface area contributed by atoms with E-state index in [4.69, 9.17) is 15.5 Å². The van der Waals surface area contributed by atoms with Crippen LogP contribution in [0.4, 0.5) is 5.82 Å². The number of nitrogens with one attached hydrogen (secondary N) is 1. The second kappa shape index (κ2) is 3.89. The Morgan fingerprint density at radius 2 is 2.29 bits per heavy atom. The third-order valence-electron chi connectivity index (χ3n) is 1.31. The number of nitrogens with zero attached hydrogens (tertiary/aromatic N) is 1. The molecule has 0 aliphatic rings. The molecule has 8 nitrogen and oxygen atoms in total. The molecule has 0 aromatic carbocycles. The number of aromatic nitrogens is 2. The molecule has 9 heteroatoms. The van der Waals surface area contributed by atoms with Gasteiger partial charge in [-0.25, -0.2) is 9.36 Å². The third-order valence-corrected chi connectivity index (χ3v) is 1.77. The van der Waals surface area contributed by atoms with Crippen LogP contribution in [-0.2, 0) is 15.7 Å². The minimum atomic E-state index is -4.54. The van der Waals surface area contributed by atoms with Crippen molar-refractivity contribution in [3.8, 4) is 0 Å². The van der Waals surface area contributed by atoms with Gasteiger partial charge in [0.1, 0.15) is 5.82 Å². The van der Waals surface area contributed by atoms with E-state index < -0.39 is 20.1 Å². The molecular formula is C5H8N3O5P. The Bertz CT molecular complexity index is 424. The van der Waals surface area contributed by atoms with Gasteiger partial charge in [-0.05, 0) is 0 Å². The Balaban J connectivity index is 2.78. The highest BCUT2D eigenvalue weighted by atomic mass is 31.2. The minimum absolute atomic E-state index is 0.123. The number of H-pyrrole nitrogens is 1. The quantitative estimate of drug-likeness (QED) is 0.478. The summed E-state index contributed by atoms with van der Waals surface area (Å²) >= 11 is 0. The number of anilines is 1. The van der Waals surface area contributed by atoms with Crippen LogP contribution >= 0.6 is 7.82 Å². The molecule has 0 saturated heterocycles. The van der Waals surface area contributed by atoms with E-state index in [0.29, 0.717) is 0 Å². The van der Waals surface area contributed by atoms with Gasteiger partial charge >= 0.3 is 13.5 Å². The van der Waals surface area contributed by atoms with E-state index in [1.165, 1.54) is 6.20 Å². The lowest BCUT2D eigenvalue weighted by molar-refractivity contribution is 0.189. The van der Waals surface area contributed by atoms with Crippen LogP contribution in [0, 0.1) is 0 Å². The fourth-order valence-corrected chi connectivity index (χ4v) is 1.01. The first-order chi connectivity index (χ1) is 6.38. The molecule has 0 unspecified atom stereocenters. The highest BCUT2D eigenvalue weighted by Gasteiger charge is 2.14. The van der Waals surface area contributed by atoms with Crippen molar-refractivity contribution in [1.29, 1.82) is 0 Å². The van der Waals surface area contributed by atoms with Crippen molar-refractivity contribution in [2.45, 2.75) is 6.61 Å². The van der Waals surface area contributed by atoms with Crippen LogP contribution in [0.25, 0.3) is 0 Å². The van der Waals surface area contributed by atoms with Crippen molar-refractivity contribution in [3.63, 3.8) is 0 Å². The number of hydrogen-bond donors (Lipinski definition) is 4. The second-order valence-corrected chi connectivity index (χ2v) is 3.62. The number of phosphoric acid groups is 1. The van der Waals surface area contributed by atoms with Crippen molar-refractivity contribution in [2.75, 3.05) is 5.73 Å².